The minimum absolute atomic E-state index is 0.0355. The van der Waals surface area contributed by atoms with Crippen LogP contribution < -0.4 is 4.74 Å². The van der Waals surface area contributed by atoms with Gasteiger partial charge in [-0.25, -0.2) is 0 Å². The molecule has 2 aromatic rings. The third kappa shape index (κ3) is 4.93. The number of hydrogen-bond acceptors (Lipinski definition) is 5. The van der Waals surface area contributed by atoms with E-state index in [4.69, 9.17) is 4.74 Å². The highest BCUT2D eigenvalue weighted by Crippen LogP contribution is 2.21. The number of amides is 2. The van der Waals surface area contributed by atoms with Crippen LogP contribution in [0.2, 0.25) is 0 Å². The molecule has 0 bridgehead atoms. The molecule has 156 valence electrons. The highest BCUT2D eigenvalue weighted by Gasteiger charge is 2.25. The Kier molecular flexibility index (Phi) is 6.85. The number of rotatable bonds is 7. The normalized spacial score (nSPS) is 16.5. The van der Waals surface area contributed by atoms with Gasteiger partial charge < -0.3 is 14.5 Å². The molecular formula is C21H29N5O3. The second kappa shape index (κ2) is 9.54. The summed E-state index contributed by atoms with van der Waals surface area (Å²) in [6, 6.07) is 7.21. The first kappa shape index (κ1) is 20.8. The van der Waals surface area contributed by atoms with E-state index in [1.165, 1.54) is 0 Å². The van der Waals surface area contributed by atoms with E-state index in [0.29, 0.717) is 37.4 Å². The number of hydrogen-bond donors (Lipinski definition) is 0. The molecule has 0 saturated carbocycles. The Morgan fingerprint density at radius 3 is 2.59 bits per heavy atom. The van der Waals surface area contributed by atoms with E-state index in [-0.39, 0.29) is 17.7 Å². The molecule has 8 nitrogen and oxygen atoms in total. The van der Waals surface area contributed by atoms with Crippen LogP contribution in [-0.2, 0) is 6.54 Å². The summed E-state index contributed by atoms with van der Waals surface area (Å²) in [6.07, 6.45) is 3.68. The lowest BCUT2D eigenvalue weighted by atomic mass is 9.97. The monoisotopic (exact) mass is 399 g/mol. The molecule has 1 aliphatic heterocycles. The lowest BCUT2D eigenvalue weighted by Crippen LogP contribution is -2.41. The predicted molar refractivity (Wildman–Crippen MR) is 109 cm³/mol. The number of likely N-dealkylation sites (tertiary alicyclic amines) is 1. The van der Waals surface area contributed by atoms with Crippen LogP contribution in [0.4, 0.5) is 0 Å². The minimum atomic E-state index is -0.0961. The van der Waals surface area contributed by atoms with Gasteiger partial charge in [0.1, 0.15) is 5.75 Å². The molecular weight excluding hydrogens is 370 g/mol. The van der Waals surface area contributed by atoms with Crippen molar-refractivity contribution < 1.29 is 14.3 Å². The van der Waals surface area contributed by atoms with Crippen LogP contribution in [0, 0.1) is 5.92 Å². The van der Waals surface area contributed by atoms with Crippen LogP contribution in [0.25, 0.3) is 0 Å². The summed E-state index contributed by atoms with van der Waals surface area (Å²) in [5.41, 5.74) is 1.04. The molecule has 1 atom stereocenters. The fraction of sp³-hybridized carbons (Fsp3) is 0.524. The Balaban J connectivity index is 1.61. The van der Waals surface area contributed by atoms with Gasteiger partial charge in [-0.2, -0.15) is 0 Å². The number of benzene rings is 1. The van der Waals surface area contributed by atoms with Crippen LogP contribution >= 0.6 is 0 Å². The zero-order valence-electron chi connectivity index (χ0n) is 17.4. The van der Waals surface area contributed by atoms with Gasteiger partial charge in [0.05, 0.1) is 13.3 Å². The van der Waals surface area contributed by atoms with Gasteiger partial charge in [0.25, 0.3) is 11.8 Å². The third-order valence-corrected chi connectivity index (χ3v) is 5.40. The molecule has 1 aromatic carbocycles. The molecule has 0 N–H and O–H groups in total. The van der Waals surface area contributed by atoms with E-state index in [1.807, 2.05) is 18.7 Å². The average molecular weight is 399 g/mol. The molecule has 1 aliphatic rings. The number of ether oxygens (including phenoxy) is 1. The van der Waals surface area contributed by atoms with Crippen molar-refractivity contribution in [3.63, 3.8) is 0 Å². The van der Waals surface area contributed by atoms with Crippen molar-refractivity contribution in [2.45, 2.75) is 33.2 Å². The van der Waals surface area contributed by atoms with Gasteiger partial charge >= 0.3 is 0 Å². The SMILES string of the molecule is CCN(CC)C(=O)c1cn(C[C@@H]2CCCN(C(=O)c3ccc(OC)cc3)C2)nn1. The molecule has 2 amide bonds. The van der Waals surface area contributed by atoms with Crippen molar-refractivity contribution in [1.29, 1.82) is 0 Å². The number of carbonyl (C=O) groups is 2. The number of aromatic nitrogens is 3. The maximum Gasteiger partial charge on any atom is 0.276 e. The molecule has 29 heavy (non-hydrogen) atoms. The van der Waals surface area contributed by atoms with Crippen molar-refractivity contribution in [2.75, 3.05) is 33.3 Å². The molecule has 1 fully saturated rings. The van der Waals surface area contributed by atoms with Crippen LogP contribution in [0.15, 0.2) is 30.5 Å². The van der Waals surface area contributed by atoms with Crippen molar-refractivity contribution in [3.05, 3.63) is 41.7 Å². The molecule has 1 saturated heterocycles. The molecule has 1 aromatic heterocycles. The molecule has 0 radical (unpaired) electrons. The molecule has 2 heterocycles. The standard InChI is InChI=1S/C21H29N5O3/c1-4-24(5-2)21(28)19-15-26(23-22-19)14-16-7-6-12-25(13-16)20(27)17-8-10-18(29-3)11-9-17/h8-11,15-16H,4-7,12-14H2,1-3H3/t16-/m1/s1. The Labute approximate surface area is 171 Å². The zero-order valence-corrected chi connectivity index (χ0v) is 17.4. The zero-order chi connectivity index (χ0) is 20.8. The topological polar surface area (TPSA) is 80.6 Å². The largest absolute Gasteiger partial charge is 0.497 e. The van der Waals surface area contributed by atoms with Crippen molar-refractivity contribution >= 4 is 11.8 Å². The lowest BCUT2D eigenvalue weighted by molar-refractivity contribution is 0.0659. The van der Waals surface area contributed by atoms with Gasteiger partial charge in [-0.1, -0.05) is 5.21 Å². The molecule has 8 heteroatoms. The molecule has 0 spiro atoms. The van der Waals surface area contributed by atoms with E-state index in [1.54, 1.807) is 47.2 Å². The highest BCUT2D eigenvalue weighted by molar-refractivity contribution is 5.94. The fourth-order valence-electron chi connectivity index (χ4n) is 3.74. The highest BCUT2D eigenvalue weighted by atomic mass is 16.5. The number of methoxy groups -OCH3 is 1. The van der Waals surface area contributed by atoms with Crippen LogP contribution in [0.5, 0.6) is 5.75 Å². The van der Waals surface area contributed by atoms with Crippen LogP contribution in [0.1, 0.15) is 47.5 Å². The number of nitrogens with zero attached hydrogens (tertiary/aromatic N) is 5. The number of piperidine rings is 1. The lowest BCUT2D eigenvalue weighted by Gasteiger charge is -2.32. The Hall–Kier alpha value is -2.90. The summed E-state index contributed by atoms with van der Waals surface area (Å²) in [5.74, 6) is 0.956. The molecule has 0 aliphatic carbocycles. The third-order valence-electron chi connectivity index (χ3n) is 5.40. The van der Waals surface area contributed by atoms with Gasteiger partial charge in [0.15, 0.2) is 5.69 Å². The molecule has 0 unspecified atom stereocenters. The van der Waals surface area contributed by atoms with Gasteiger partial charge in [0, 0.05) is 38.3 Å². The van der Waals surface area contributed by atoms with E-state index in [9.17, 15) is 9.59 Å². The van der Waals surface area contributed by atoms with Crippen molar-refractivity contribution in [2.24, 2.45) is 5.92 Å². The van der Waals surface area contributed by atoms with E-state index in [0.717, 1.165) is 25.1 Å². The maximum atomic E-state index is 12.8. The fourth-order valence-corrected chi connectivity index (χ4v) is 3.74. The van der Waals surface area contributed by atoms with Gasteiger partial charge in [-0.15, -0.1) is 5.10 Å². The first-order valence-electron chi connectivity index (χ1n) is 10.2. The number of carbonyl (C=O) groups excluding carboxylic acids is 2. The Morgan fingerprint density at radius 1 is 1.21 bits per heavy atom. The maximum absolute atomic E-state index is 12.8. The Bertz CT molecular complexity index is 829. The van der Waals surface area contributed by atoms with E-state index < -0.39 is 0 Å². The summed E-state index contributed by atoms with van der Waals surface area (Å²) < 4.78 is 6.88. The predicted octanol–water partition coefficient (Wildman–Crippen LogP) is 2.32. The molecule has 3 rings (SSSR count). The summed E-state index contributed by atoms with van der Waals surface area (Å²) in [4.78, 5) is 28.9. The second-order valence-corrected chi connectivity index (χ2v) is 7.29. The summed E-state index contributed by atoms with van der Waals surface area (Å²) in [6.45, 7) is 7.25. The quantitative estimate of drug-likeness (QED) is 0.714. The minimum Gasteiger partial charge on any atom is -0.497 e. The average Bonchev–Trinajstić information content (AvgIpc) is 3.22. The van der Waals surface area contributed by atoms with Gasteiger partial charge in [-0.05, 0) is 56.9 Å². The van der Waals surface area contributed by atoms with Crippen molar-refractivity contribution in [1.82, 2.24) is 24.8 Å². The smallest absolute Gasteiger partial charge is 0.276 e. The summed E-state index contributed by atoms with van der Waals surface area (Å²) >= 11 is 0. The first-order chi connectivity index (χ1) is 14.0. The van der Waals surface area contributed by atoms with Gasteiger partial charge in [0.2, 0.25) is 0 Å². The summed E-state index contributed by atoms with van der Waals surface area (Å²) in [5, 5.41) is 8.18. The second-order valence-electron chi connectivity index (χ2n) is 7.29. The first-order valence-corrected chi connectivity index (χ1v) is 10.2. The summed E-state index contributed by atoms with van der Waals surface area (Å²) in [7, 11) is 1.61. The van der Waals surface area contributed by atoms with Gasteiger partial charge in [-0.3, -0.25) is 14.3 Å². The van der Waals surface area contributed by atoms with E-state index >= 15 is 0 Å². The van der Waals surface area contributed by atoms with Crippen LogP contribution in [-0.4, -0.2) is 69.9 Å². The van der Waals surface area contributed by atoms with Crippen molar-refractivity contribution in [3.8, 4) is 5.75 Å². The van der Waals surface area contributed by atoms with E-state index in [2.05, 4.69) is 10.3 Å². The van der Waals surface area contributed by atoms with Crippen LogP contribution in [0.3, 0.4) is 0 Å². The Morgan fingerprint density at radius 2 is 1.93 bits per heavy atom.